The summed E-state index contributed by atoms with van der Waals surface area (Å²) in [6.45, 7) is 11.6. The van der Waals surface area contributed by atoms with Gasteiger partial charge in [0.25, 0.3) is 0 Å². The Bertz CT molecular complexity index is 207. The number of hydrogen-bond acceptors (Lipinski definition) is 3. The van der Waals surface area contributed by atoms with Crippen molar-refractivity contribution in [2.24, 2.45) is 0 Å². The van der Waals surface area contributed by atoms with E-state index < -0.39 is 0 Å². The van der Waals surface area contributed by atoms with Crippen molar-refractivity contribution in [3.05, 3.63) is 0 Å². The molecule has 1 N–H and O–H groups in total. The molecule has 2 unspecified atom stereocenters. The van der Waals surface area contributed by atoms with Crippen LogP contribution in [0.4, 0.5) is 0 Å². The molecule has 0 aromatic carbocycles. The van der Waals surface area contributed by atoms with Crippen molar-refractivity contribution < 1.29 is 0 Å². The normalized spacial score (nSPS) is 24.6. The van der Waals surface area contributed by atoms with Crippen LogP contribution in [0.15, 0.2) is 0 Å². The fourth-order valence-corrected chi connectivity index (χ4v) is 4.37. The van der Waals surface area contributed by atoms with Crippen molar-refractivity contribution >= 4 is 11.8 Å². The highest BCUT2D eigenvalue weighted by Crippen LogP contribution is 2.28. The lowest BCUT2D eigenvalue weighted by Crippen LogP contribution is -2.38. The maximum atomic E-state index is 3.79. The summed E-state index contributed by atoms with van der Waals surface area (Å²) < 4.78 is 0. The molecule has 1 rings (SSSR count). The quantitative estimate of drug-likeness (QED) is 0.650. The molecule has 0 aromatic rings. The van der Waals surface area contributed by atoms with E-state index in [9.17, 15) is 0 Å². The average Bonchev–Trinajstić information content (AvgIpc) is 2.66. The van der Waals surface area contributed by atoms with Gasteiger partial charge in [0.1, 0.15) is 0 Å². The molecule has 0 saturated heterocycles. The molecule has 0 heterocycles. The predicted molar refractivity (Wildman–Crippen MR) is 89.2 cm³/mol. The van der Waals surface area contributed by atoms with Crippen LogP contribution in [-0.2, 0) is 0 Å². The monoisotopic (exact) mass is 286 g/mol. The first-order chi connectivity index (χ1) is 9.31. The molecule has 0 bridgehead atoms. The van der Waals surface area contributed by atoms with Crippen LogP contribution in [-0.4, -0.2) is 48.1 Å². The Kier molecular flexibility index (Phi) is 10.0. The summed E-state index contributed by atoms with van der Waals surface area (Å²) in [5, 5.41) is 4.64. The average molecular weight is 287 g/mol. The van der Waals surface area contributed by atoms with Crippen molar-refractivity contribution in [2.75, 3.05) is 31.9 Å². The van der Waals surface area contributed by atoms with Crippen LogP contribution in [0.1, 0.15) is 59.3 Å². The number of hydrogen-bond donors (Lipinski definition) is 1. The highest BCUT2D eigenvalue weighted by molar-refractivity contribution is 8.00. The molecule has 0 radical (unpaired) electrons. The Morgan fingerprint density at radius 3 is 2.47 bits per heavy atom. The van der Waals surface area contributed by atoms with Crippen LogP contribution in [0.25, 0.3) is 0 Å². The lowest BCUT2D eigenvalue weighted by Gasteiger charge is -2.27. The van der Waals surface area contributed by atoms with Gasteiger partial charge in [0.15, 0.2) is 0 Å². The van der Waals surface area contributed by atoms with Crippen molar-refractivity contribution in [3.8, 4) is 0 Å². The molecule has 1 aliphatic carbocycles. The molecule has 1 aliphatic rings. The molecule has 2 nitrogen and oxygen atoms in total. The van der Waals surface area contributed by atoms with Crippen molar-refractivity contribution in [1.29, 1.82) is 0 Å². The molecule has 114 valence electrons. The smallest absolute Gasteiger partial charge is 0.0201 e. The van der Waals surface area contributed by atoms with Crippen LogP contribution >= 0.6 is 11.8 Å². The number of nitrogens with zero attached hydrogens (tertiary/aromatic N) is 1. The maximum absolute atomic E-state index is 3.79. The molecule has 2 atom stereocenters. The Morgan fingerprint density at radius 2 is 1.79 bits per heavy atom. The third kappa shape index (κ3) is 7.01. The van der Waals surface area contributed by atoms with Crippen molar-refractivity contribution in [2.45, 2.75) is 70.6 Å². The van der Waals surface area contributed by atoms with Gasteiger partial charge in [-0.25, -0.2) is 0 Å². The van der Waals surface area contributed by atoms with E-state index in [0.717, 1.165) is 11.3 Å². The van der Waals surface area contributed by atoms with Crippen molar-refractivity contribution in [3.63, 3.8) is 0 Å². The van der Waals surface area contributed by atoms with E-state index in [0.29, 0.717) is 0 Å². The summed E-state index contributed by atoms with van der Waals surface area (Å²) in [7, 11) is 0. The van der Waals surface area contributed by atoms with E-state index in [-0.39, 0.29) is 0 Å². The summed E-state index contributed by atoms with van der Waals surface area (Å²) in [6, 6.07) is 0.768. The summed E-state index contributed by atoms with van der Waals surface area (Å²) in [5.74, 6) is 1.30. The van der Waals surface area contributed by atoms with Gasteiger partial charge < -0.3 is 10.2 Å². The molecule has 0 aromatic heterocycles. The van der Waals surface area contributed by atoms with Gasteiger partial charge in [0, 0.05) is 23.6 Å². The Labute approximate surface area is 125 Å². The number of rotatable bonds is 9. The van der Waals surface area contributed by atoms with Crippen LogP contribution in [0.2, 0.25) is 0 Å². The molecule has 1 saturated carbocycles. The van der Waals surface area contributed by atoms with E-state index in [4.69, 9.17) is 0 Å². The van der Waals surface area contributed by atoms with Gasteiger partial charge in [0.2, 0.25) is 0 Å². The highest BCUT2D eigenvalue weighted by Gasteiger charge is 2.23. The van der Waals surface area contributed by atoms with E-state index in [1.165, 1.54) is 70.5 Å². The first kappa shape index (κ1) is 17.3. The van der Waals surface area contributed by atoms with Gasteiger partial charge >= 0.3 is 0 Å². The fraction of sp³-hybridized carbons (Fsp3) is 1.00. The minimum atomic E-state index is 0.768. The van der Waals surface area contributed by atoms with E-state index in [1.54, 1.807) is 0 Å². The maximum Gasteiger partial charge on any atom is 0.0201 e. The van der Waals surface area contributed by atoms with Gasteiger partial charge in [-0.1, -0.05) is 40.0 Å². The second-order valence-corrected chi connectivity index (χ2v) is 6.98. The molecule has 1 fully saturated rings. The third-order valence-electron chi connectivity index (χ3n) is 4.24. The molecule has 0 aliphatic heterocycles. The Morgan fingerprint density at radius 1 is 1.05 bits per heavy atom. The van der Waals surface area contributed by atoms with Crippen molar-refractivity contribution in [1.82, 2.24) is 10.2 Å². The van der Waals surface area contributed by atoms with Gasteiger partial charge in [-0.05, 0) is 38.9 Å². The Balaban J connectivity index is 2.32. The summed E-state index contributed by atoms with van der Waals surface area (Å²) in [5.41, 5.74) is 0. The molecule has 19 heavy (non-hydrogen) atoms. The fourth-order valence-electron chi connectivity index (χ4n) is 2.91. The largest absolute Gasteiger partial charge is 0.313 e. The summed E-state index contributed by atoms with van der Waals surface area (Å²) in [6.07, 6.45) is 8.37. The molecule has 0 amide bonds. The van der Waals surface area contributed by atoms with Crippen LogP contribution < -0.4 is 5.32 Å². The highest BCUT2D eigenvalue weighted by atomic mass is 32.2. The van der Waals surface area contributed by atoms with Gasteiger partial charge in [-0.2, -0.15) is 11.8 Å². The van der Waals surface area contributed by atoms with E-state index in [2.05, 4.69) is 42.7 Å². The molecular formula is C16H34N2S. The first-order valence-electron chi connectivity index (χ1n) is 8.39. The number of thioether (sulfide) groups is 1. The molecular weight excluding hydrogens is 252 g/mol. The van der Waals surface area contributed by atoms with Crippen LogP contribution in [0.3, 0.4) is 0 Å². The zero-order chi connectivity index (χ0) is 13.9. The second-order valence-electron chi connectivity index (χ2n) is 5.63. The van der Waals surface area contributed by atoms with E-state index in [1.807, 2.05) is 0 Å². The van der Waals surface area contributed by atoms with Crippen LogP contribution in [0, 0.1) is 0 Å². The minimum Gasteiger partial charge on any atom is -0.313 e. The van der Waals surface area contributed by atoms with Gasteiger partial charge in [-0.15, -0.1) is 0 Å². The summed E-state index contributed by atoms with van der Waals surface area (Å²) in [4.78, 5) is 2.54. The zero-order valence-corrected chi connectivity index (χ0v) is 14.1. The van der Waals surface area contributed by atoms with E-state index >= 15 is 0 Å². The lowest BCUT2D eigenvalue weighted by atomic mass is 10.1. The zero-order valence-electron chi connectivity index (χ0n) is 13.3. The number of nitrogens with one attached hydrogen (secondary N) is 1. The minimum absolute atomic E-state index is 0.768. The summed E-state index contributed by atoms with van der Waals surface area (Å²) >= 11 is 2.22. The van der Waals surface area contributed by atoms with Gasteiger partial charge in [0.05, 0.1) is 0 Å². The Hall–Kier alpha value is 0.270. The van der Waals surface area contributed by atoms with Gasteiger partial charge in [-0.3, -0.25) is 0 Å². The predicted octanol–water partition coefficient (Wildman–Crippen LogP) is 3.76. The van der Waals surface area contributed by atoms with Crippen LogP contribution in [0.5, 0.6) is 0 Å². The SMILES string of the molecule is CCCNC1CCCCCC1SCCN(CC)CC. The standard InChI is InChI=1S/C16H34N2S/c1-4-12-17-15-10-8-7-9-11-16(15)19-14-13-18(5-2)6-3/h15-17H,4-14H2,1-3H3. The first-order valence-corrected chi connectivity index (χ1v) is 9.44. The lowest BCUT2D eigenvalue weighted by molar-refractivity contribution is 0.323. The topological polar surface area (TPSA) is 15.3 Å². The molecule has 3 heteroatoms. The second kappa shape index (κ2) is 11.0. The molecule has 0 spiro atoms. The third-order valence-corrected chi connectivity index (χ3v) is 5.65.